The highest BCUT2D eigenvalue weighted by molar-refractivity contribution is 5.94. The van der Waals surface area contributed by atoms with Crippen molar-refractivity contribution in [3.8, 4) is 0 Å². The molecular weight excluding hydrogens is 361 g/mol. The lowest BCUT2D eigenvalue weighted by molar-refractivity contribution is -0.152. The molecule has 0 unspecified atom stereocenters. The zero-order valence-corrected chi connectivity index (χ0v) is 16.0. The van der Waals surface area contributed by atoms with E-state index >= 15 is 0 Å². The predicted octanol–water partition coefficient (Wildman–Crippen LogP) is 1.25. The van der Waals surface area contributed by atoms with Gasteiger partial charge in [0.1, 0.15) is 5.82 Å². The van der Waals surface area contributed by atoms with E-state index in [1.165, 1.54) is 24.3 Å². The van der Waals surface area contributed by atoms with Crippen LogP contribution in [0.4, 0.5) is 4.39 Å². The van der Waals surface area contributed by atoms with Crippen LogP contribution in [0.15, 0.2) is 24.3 Å². The molecule has 3 fully saturated rings. The van der Waals surface area contributed by atoms with Crippen LogP contribution in [0.5, 0.6) is 0 Å². The maximum absolute atomic E-state index is 13.1. The third-order valence-corrected chi connectivity index (χ3v) is 6.57. The second-order valence-corrected chi connectivity index (χ2v) is 8.28. The standard InChI is InChI=1S/C21H28FN3O3/c22-17-6-4-14(5-7-17)21(28)23-11-19-16-10-15(12-24(13-16)8-9-26)18-2-1-3-20(27)25(18)19/h4-7,15-16,18-19,26H,1-3,8-13H2,(H,23,28)/t15-,16+,18+,19+/m1/s1. The molecular formula is C21H28FN3O3. The van der Waals surface area contributed by atoms with Crippen LogP contribution in [0, 0.1) is 17.7 Å². The number of piperidine rings is 3. The van der Waals surface area contributed by atoms with Gasteiger partial charge in [-0.15, -0.1) is 0 Å². The Morgan fingerprint density at radius 2 is 1.96 bits per heavy atom. The smallest absolute Gasteiger partial charge is 0.251 e. The van der Waals surface area contributed by atoms with E-state index < -0.39 is 0 Å². The Kier molecular flexibility index (Phi) is 5.64. The number of β-amino-alcohol motifs (C(OH)–C–C–N with tert-alkyl or cyclic N) is 1. The van der Waals surface area contributed by atoms with Crippen molar-refractivity contribution >= 4 is 11.8 Å². The van der Waals surface area contributed by atoms with Gasteiger partial charge >= 0.3 is 0 Å². The summed E-state index contributed by atoms with van der Waals surface area (Å²) in [6.07, 6.45) is 3.58. The lowest BCUT2D eigenvalue weighted by Gasteiger charge is -2.56. The van der Waals surface area contributed by atoms with Crippen molar-refractivity contribution < 1.29 is 19.1 Å². The third-order valence-electron chi connectivity index (χ3n) is 6.57. The molecule has 1 aromatic rings. The number of nitrogens with zero attached hydrogens (tertiary/aromatic N) is 2. The summed E-state index contributed by atoms with van der Waals surface area (Å²) in [6, 6.07) is 5.70. The van der Waals surface area contributed by atoms with E-state index in [1.807, 2.05) is 0 Å². The van der Waals surface area contributed by atoms with Gasteiger partial charge in [0, 0.05) is 44.2 Å². The summed E-state index contributed by atoms with van der Waals surface area (Å²) in [5.41, 5.74) is 0.419. The van der Waals surface area contributed by atoms with E-state index in [0.717, 1.165) is 32.4 Å². The molecule has 3 heterocycles. The second-order valence-electron chi connectivity index (χ2n) is 8.28. The van der Waals surface area contributed by atoms with Crippen LogP contribution >= 0.6 is 0 Å². The van der Waals surface area contributed by atoms with Gasteiger partial charge in [0.2, 0.25) is 5.91 Å². The van der Waals surface area contributed by atoms with Gasteiger partial charge in [-0.05, 0) is 55.4 Å². The quantitative estimate of drug-likeness (QED) is 0.795. The number of nitrogens with one attached hydrogen (secondary N) is 1. The van der Waals surface area contributed by atoms with Crippen LogP contribution in [-0.4, -0.2) is 71.6 Å². The zero-order chi connectivity index (χ0) is 19.7. The number of benzene rings is 1. The Hall–Kier alpha value is -1.99. The number of hydrogen-bond acceptors (Lipinski definition) is 4. The maximum Gasteiger partial charge on any atom is 0.251 e. The largest absolute Gasteiger partial charge is 0.395 e. The number of halogens is 1. The van der Waals surface area contributed by atoms with Crippen molar-refractivity contribution in [1.82, 2.24) is 15.1 Å². The van der Waals surface area contributed by atoms with E-state index in [2.05, 4.69) is 15.1 Å². The van der Waals surface area contributed by atoms with Crippen molar-refractivity contribution in [3.63, 3.8) is 0 Å². The first-order chi connectivity index (χ1) is 13.6. The fourth-order valence-electron chi connectivity index (χ4n) is 5.36. The van der Waals surface area contributed by atoms with E-state index in [4.69, 9.17) is 0 Å². The zero-order valence-electron chi connectivity index (χ0n) is 16.0. The maximum atomic E-state index is 13.1. The Bertz CT molecular complexity index is 724. The van der Waals surface area contributed by atoms with E-state index in [-0.39, 0.29) is 42.2 Å². The van der Waals surface area contributed by atoms with Crippen molar-refractivity contribution in [2.75, 3.05) is 32.8 Å². The van der Waals surface area contributed by atoms with Crippen LogP contribution in [0.1, 0.15) is 36.0 Å². The topological polar surface area (TPSA) is 72.9 Å². The molecule has 28 heavy (non-hydrogen) atoms. The molecule has 0 radical (unpaired) electrons. The average Bonchev–Trinajstić information content (AvgIpc) is 2.69. The van der Waals surface area contributed by atoms with E-state index in [0.29, 0.717) is 31.0 Å². The van der Waals surface area contributed by atoms with Gasteiger partial charge in [-0.1, -0.05) is 0 Å². The minimum Gasteiger partial charge on any atom is -0.395 e. The first kappa shape index (κ1) is 19.3. The minimum atomic E-state index is -0.372. The highest BCUT2D eigenvalue weighted by Gasteiger charge is 2.49. The van der Waals surface area contributed by atoms with Gasteiger partial charge in [0.15, 0.2) is 0 Å². The van der Waals surface area contributed by atoms with Gasteiger partial charge in [0.25, 0.3) is 5.91 Å². The molecule has 0 saturated carbocycles. The van der Waals surface area contributed by atoms with Crippen molar-refractivity contribution in [2.45, 2.75) is 37.8 Å². The number of fused-ring (bicyclic) bond motifs is 4. The van der Waals surface area contributed by atoms with Crippen LogP contribution in [-0.2, 0) is 4.79 Å². The molecule has 7 heteroatoms. The van der Waals surface area contributed by atoms with Crippen LogP contribution in [0.2, 0.25) is 0 Å². The van der Waals surface area contributed by atoms with Crippen LogP contribution < -0.4 is 5.32 Å². The molecule has 4 atom stereocenters. The molecule has 4 rings (SSSR count). The third kappa shape index (κ3) is 3.78. The Morgan fingerprint density at radius 1 is 1.21 bits per heavy atom. The highest BCUT2D eigenvalue weighted by Crippen LogP contribution is 2.41. The van der Waals surface area contributed by atoms with Gasteiger partial charge in [-0.25, -0.2) is 4.39 Å². The molecule has 0 aliphatic carbocycles. The Morgan fingerprint density at radius 3 is 2.71 bits per heavy atom. The minimum absolute atomic E-state index is 0.0278. The molecule has 2 amide bonds. The average molecular weight is 389 g/mol. The molecule has 2 N–H and O–H groups in total. The van der Waals surface area contributed by atoms with E-state index in [1.54, 1.807) is 0 Å². The van der Waals surface area contributed by atoms with Crippen molar-refractivity contribution in [2.24, 2.45) is 11.8 Å². The molecule has 0 spiro atoms. The summed E-state index contributed by atoms with van der Waals surface area (Å²) >= 11 is 0. The number of aliphatic hydroxyl groups excluding tert-OH is 1. The second kappa shape index (κ2) is 8.17. The molecule has 3 aliphatic rings. The van der Waals surface area contributed by atoms with Gasteiger partial charge < -0.3 is 20.2 Å². The van der Waals surface area contributed by atoms with Crippen molar-refractivity contribution in [1.29, 1.82) is 0 Å². The first-order valence-corrected chi connectivity index (χ1v) is 10.2. The molecule has 3 aliphatic heterocycles. The highest BCUT2D eigenvalue weighted by atomic mass is 19.1. The van der Waals surface area contributed by atoms with Gasteiger partial charge in [-0.3, -0.25) is 9.59 Å². The first-order valence-electron chi connectivity index (χ1n) is 10.2. The number of carbonyl (C=O) groups excluding carboxylic acids is 2. The number of carbonyl (C=O) groups is 2. The Balaban J connectivity index is 1.50. The summed E-state index contributed by atoms with van der Waals surface area (Å²) in [4.78, 5) is 29.6. The lowest BCUT2D eigenvalue weighted by atomic mass is 9.72. The molecule has 152 valence electrons. The number of rotatable bonds is 5. The number of hydrogen-bond donors (Lipinski definition) is 2. The van der Waals surface area contributed by atoms with Crippen LogP contribution in [0.25, 0.3) is 0 Å². The predicted molar refractivity (Wildman–Crippen MR) is 102 cm³/mol. The SMILES string of the molecule is O=C(NC[C@H]1[C@H]2C[C@H](CN(CCO)C2)[C@@H]2CCCC(=O)N21)c1ccc(F)cc1. The summed E-state index contributed by atoms with van der Waals surface area (Å²) in [5, 5.41) is 12.3. The van der Waals surface area contributed by atoms with Crippen molar-refractivity contribution in [3.05, 3.63) is 35.6 Å². The Labute approximate surface area is 164 Å². The van der Waals surface area contributed by atoms with Gasteiger partial charge in [0.05, 0.1) is 12.6 Å². The fourth-order valence-corrected chi connectivity index (χ4v) is 5.36. The number of amides is 2. The molecule has 2 bridgehead atoms. The van der Waals surface area contributed by atoms with Crippen LogP contribution in [0.3, 0.4) is 0 Å². The summed E-state index contributed by atoms with van der Waals surface area (Å²) in [7, 11) is 0. The molecule has 0 aromatic heterocycles. The summed E-state index contributed by atoms with van der Waals surface area (Å²) < 4.78 is 13.1. The molecule has 1 aromatic carbocycles. The number of likely N-dealkylation sites (tertiary alicyclic amines) is 1. The monoisotopic (exact) mass is 389 g/mol. The fraction of sp³-hybridized carbons (Fsp3) is 0.619. The molecule has 3 saturated heterocycles. The van der Waals surface area contributed by atoms with Gasteiger partial charge in [-0.2, -0.15) is 0 Å². The summed E-state index contributed by atoms with van der Waals surface area (Å²) in [6.45, 7) is 2.97. The normalized spacial score (nSPS) is 30.1. The van der Waals surface area contributed by atoms with E-state index in [9.17, 15) is 19.1 Å². The number of aliphatic hydroxyl groups is 1. The lowest BCUT2D eigenvalue weighted by Crippen LogP contribution is -2.67. The summed E-state index contributed by atoms with van der Waals surface area (Å²) in [5.74, 6) is 0.312. The molecule has 6 nitrogen and oxygen atoms in total.